The summed E-state index contributed by atoms with van der Waals surface area (Å²) in [6, 6.07) is 6.18. The molecule has 1 aliphatic carbocycles. The molecule has 5 rings (SSSR count). The first-order valence-electron chi connectivity index (χ1n) is 9.09. The first-order valence-corrected chi connectivity index (χ1v) is 9.47. The van der Waals surface area contributed by atoms with E-state index in [1.54, 1.807) is 7.11 Å². The maximum atomic E-state index is 6.29. The van der Waals surface area contributed by atoms with Crippen molar-refractivity contribution < 1.29 is 4.74 Å². The van der Waals surface area contributed by atoms with Gasteiger partial charge in [-0.2, -0.15) is 5.10 Å². The van der Waals surface area contributed by atoms with Crippen LogP contribution in [-0.2, 0) is 11.3 Å². The van der Waals surface area contributed by atoms with Crippen molar-refractivity contribution in [1.29, 1.82) is 0 Å². The van der Waals surface area contributed by atoms with E-state index < -0.39 is 0 Å². The van der Waals surface area contributed by atoms with Gasteiger partial charge in [-0.15, -0.1) is 0 Å². The molecule has 3 aromatic heterocycles. The minimum Gasteiger partial charge on any atom is -0.381 e. The molecule has 1 fully saturated rings. The number of hydrogen-bond donors (Lipinski definition) is 0. The van der Waals surface area contributed by atoms with Gasteiger partial charge >= 0.3 is 0 Å². The second-order valence-corrected chi connectivity index (χ2v) is 7.69. The molecule has 0 amide bonds. The molecule has 1 aliphatic rings. The van der Waals surface area contributed by atoms with Crippen molar-refractivity contribution in [1.82, 2.24) is 24.3 Å². The Hall–Kier alpha value is -2.44. The van der Waals surface area contributed by atoms with Crippen LogP contribution in [0.15, 0.2) is 36.8 Å². The maximum absolute atomic E-state index is 6.29. The van der Waals surface area contributed by atoms with Crippen molar-refractivity contribution in [3.8, 4) is 0 Å². The molecule has 0 saturated heterocycles. The molecule has 1 saturated carbocycles. The smallest absolute Gasteiger partial charge is 0.132 e. The van der Waals surface area contributed by atoms with Gasteiger partial charge in [0.2, 0.25) is 0 Å². The number of aryl methyl sites for hydroxylation is 1. The van der Waals surface area contributed by atoms with Gasteiger partial charge in [0.1, 0.15) is 11.3 Å². The van der Waals surface area contributed by atoms with Crippen molar-refractivity contribution in [3.05, 3.63) is 53.2 Å². The van der Waals surface area contributed by atoms with Crippen LogP contribution in [0.1, 0.15) is 30.3 Å². The predicted molar refractivity (Wildman–Crippen MR) is 105 cm³/mol. The molecule has 0 atom stereocenters. The summed E-state index contributed by atoms with van der Waals surface area (Å²) in [7, 11) is 1.78. The number of nitrogens with zero attached hydrogens (tertiary/aromatic N) is 5. The molecule has 138 valence electrons. The molecule has 6 nitrogen and oxygen atoms in total. The normalized spacial score (nSPS) is 19.7. The molecule has 0 spiro atoms. The Morgan fingerprint density at radius 2 is 2.07 bits per heavy atom. The second kappa shape index (κ2) is 6.32. The van der Waals surface area contributed by atoms with Gasteiger partial charge in [-0.1, -0.05) is 11.6 Å². The first-order chi connectivity index (χ1) is 13.1. The molecule has 0 aliphatic heterocycles. The van der Waals surface area contributed by atoms with Crippen molar-refractivity contribution in [2.24, 2.45) is 0 Å². The van der Waals surface area contributed by atoms with E-state index in [1.807, 2.05) is 48.4 Å². The summed E-state index contributed by atoms with van der Waals surface area (Å²) in [6.07, 6.45) is 8.04. The highest BCUT2D eigenvalue weighted by molar-refractivity contribution is 6.31. The number of pyridine rings is 1. The van der Waals surface area contributed by atoms with E-state index in [1.165, 1.54) is 0 Å². The molecule has 3 heterocycles. The summed E-state index contributed by atoms with van der Waals surface area (Å²) in [4.78, 5) is 9.48. The van der Waals surface area contributed by atoms with Crippen LogP contribution in [0.2, 0.25) is 5.02 Å². The lowest BCUT2D eigenvalue weighted by molar-refractivity contribution is 0.00655. The standard InChI is InChI=1S/C20H20ClN5O/c1-12-8-23-25(10-12)11-19-24-18-9-22-17-4-3-13(21)5-16(17)20(18)26(19)14-6-15(7-14)27-2/h3-5,8-10,14-15H,6-7,11H2,1-2H3. The van der Waals surface area contributed by atoms with Crippen molar-refractivity contribution >= 4 is 33.5 Å². The van der Waals surface area contributed by atoms with E-state index in [0.717, 1.165) is 46.2 Å². The topological polar surface area (TPSA) is 57.8 Å². The van der Waals surface area contributed by atoms with Crippen LogP contribution >= 0.6 is 11.6 Å². The minimum absolute atomic E-state index is 0.309. The first kappa shape index (κ1) is 16.7. The Balaban J connectivity index is 1.71. The van der Waals surface area contributed by atoms with Crippen LogP contribution in [0.5, 0.6) is 0 Å². The van der Waals surface area contributed by atoms with Crippen LogP contribution in [-0.4, -0.2) is 37.5 Å². The zero-order valence-electron chi connectivity index (χ0n) is 15.3. The number of fused-ring (bicyclic) bond motifs is 3. The quantitative estimate of drug-likeness (QED) is 0.533. The largest absolute Gasteiger partial charge is 0.381 e. The zero-order valence-corrected chi connectivity index (χ0v) is 16.0. The highest BCUT2D eigenvalue weighted by Crippen LogP contribution is 2.39. The van der Waals surface area contributed by atoms with E-state index in [4.69, 9.17) is 21.3 Å². The lowest BCUT2D eigenvalue weighted by Crippen LogP contribution is -2.33. The van der Waals surface area contributed by atoms with Crippen molar-refractivity contribution in [3.63, 3.8) is 0 Å². The van der Waals surface area contributed by atoms with Crippen LogP contribution < -0.4 is 0 Å². The third-order valence-electron chi connectivity index (χ3n) is 5.38. The molecule has 0 unspecified atom stereocenters. The molecule has 4 aromatic rings. The average Bonchev–Trinajstić information content (AvgIpc) is 3.18. The number of benzene rings is 1. The van der Waals surface area contributed by atoms with Gasteiger partial charge in [-0.3, -0.25) is 9.67 Å². The molecular formula is C20H20ClN5O. The molecule has 27 heavy (non-hydrogen) atoms. The van der Waals surface area contributed by atoms with Crippen LogP contribution in [0.3, 0.4) is 0 Å². The predicted octanol–water partition coefficient (Wildman–Crippen LogP) is 4.14. The van der Waals surface area contributed by atoms with Gasteiger partial charge in [0.15, 0.2) is 0 Å². The maximum Gasteiger partial charge on any atom is 0.132 e. The van der Waals surface area contributed by atoms with E-state index in [2.05, 4.69) is 14.6 Å². The van der Waals surface area contributed by atoms with E-state index in [0.29, 0.717) is 23.7 Å². The fourth-order valence-corrected chi connectivity index (χ4v) is 4.11. The summed E-state index contributed by atoms with van der Waals surface area (Å²) < 4.78 is 9.79. The van der Waals surface area contributed by atoms with Crippen molar-refractivity contribution in [2.75, 3.05) is 7.11 Å². The number of methoxy groups -OCH3 is 1. The number of rotatable bonds is 4. The summed E-state index contributed by atoms with van der Waals surface area (Å²) in [5.41, 5.74) is 4.06. The average molecular weight is 382 g/mol. The number of halogens is 1. The SMILES string of the molecule is COC1CC(n2c(Cn3cc(C)cn3)nc3cnc4ccc(Cl)cc4c32)C1. The highest BCUT2D eigenvalue weighted by atomic mass is 35.5. The Morgan fingerprint density at radius 3 is 2.81 bits per heavy atom. The van der Waals surface area contributed by atoms with Crippen LogP contribution in [0.4, 0.5) is 0 Å². The zero-order chi connectivity index (χ0) is 18.5. The summed E-state index contributed by atoms with van der Waals surface area (Å²) in [5, 5.41) is 6.18. The Labute approximate surface area is 161 Å². The molecule has 0 radical (unpaired) electrons. The van der Waals surface area contributed by atoms with E-state index in [-0.39, 0.29) is 0 Å². The lowest BCUT2D eigenvalue weighted by atomic mass is 9.88. The van der Waals surface area contributed by atoms with Gasteiger partial charge in [0.25, 0.3) is 0 Å². The third kappa shape index (κ3) is 2.80. The minimum atomic E-state index is 0.309. The summed E-state index contributed by atoms with van der Waals surface area (Å²) in [5.74, 6) is 0.988. The highest BCUT2D eigenvalue weighted by Gasteiger charge is 2.33. The Kier molecular flexibility index (Phi) is 3.91. The number of ether oxygens (including phenoxy) is 1. The fourth-order valence-electron chi connectivity index (χ4n) is 3.94. The van der Waals surface area contributed by atoms with Crippen LogP contribution in [0.25, 0.3) is 21.9 Å². The number of hydrogen-bond acceptors (Lipinski definition) is 4. The lowest BCUT2D eigenvalue weighted by Gasteiger charge is -2.36. The van der Waals surface area contributed by atoms with E-state index in [9.17, 15) is 0 Å². The molecule has 1 aromatic carbocycles. The summed E-state index contributed by atoms with van der Waals surface area (Å²) in [6.45, 7) is 2.67. The van der Waals surface area contributed by atoms with Crippen molar-refractivity contribution in [2.45, 2.75) is 38.5 Å². The van der Waals surface area contributed by atoms with Gasteiger partial charge in [-0.25, -0.2) is 4.98 Å². The number of imidazole rings is 1. The van der Waals surface area contributed by atoms with Gasteiger partial charge < -0.3 is 9.30 Å². The number of aromatic nitrogens is 5. The Bertz CT molecular complexity index is 1140. The second-order valence-electron chi connectivity index (χ2n) is 7.25. The molecule has 0 bridgehead atoms. The molecule has 7 heteroatoms. The molecule has 0 N–H and O–H groups in total. The Morgan fingerprint density at radius 1 is 1.22 bits per heavy atom. The third-order valence-corrected chi connectivity index (χ3v) is 5.62. The van der Waals surface area contributed by atoms with Crippen LogP contribution in [0, 0.1) is 6.92 Å². The fraction of sp³-hybridized carbons (Fsp3) is 0.350. The summed E-state index contributed by atoms with van der Waals surface area (Å²) >= 11 is 6.29. The monoisotopic (exact) mass is 381 g/mol. The molecular weight excluding hydrogens is 362 g/mol. The van der Waals surface area contributed by atoms with Gasteiger partial charge in [0.05, 0.1) is 36.1 Å². The van der Waals surface area contributed by atoms with Gasteiger partial charge in [-0.05, 0) is 43.5 Å². The van der Waals surface area contributed by atoms with E-state index >= 15 is 0 Å². The van der Waals surface area contributed by atoms with Gasteiger partial charge in [0, 0.05) is 29.8 Å².